The highest BCUT2D eigenvalue weighted by Gasteiger charge is 2.27. The first-order valence-corrected chi connectivity index (χ1v) is 8.41. The summed E-state index contributed by atoms with van der Waals surface area (Å²) in [5.74, 6) is -0.0721. The van der Waals surface area contributed by atoms with E-state index in [1.807, 2.05) is 12.1 Å². The first-order chi connectivity index (χ1) is 12.2. The minimum Gasteiger partial charge on any atom is -0.451 e. The molecule has 3 rings (SSSR count). The first kappa shape index (κ1) is 17.9. The summed E-state index contributed by atoms with van der Waals surface area (Å²) in [4.78, 5) is 38.4. The van der Waals surface area contributed by atoms with Crippen molar-refractivity contribution in [2.45, 2.75) is 27.2 Å². The number of carbonyl (C=O) groups is 3. The number of hydrogen-bond acceptors (Lipinski definition) is 4. The molecule has 0 saturated heterocycles. The van der Waals surface area contributed by atoms with Gasteiger partial charge >= 0.3 is 0 Å². The largest absolute Gasteiger partial charge is 0.451 e. The Labute approximate surface area is 152 Å². The molecule has 1 aliphatic carbocycles. The van der Waals surface area contributed by atoms with Crippen LogP contribution in [0.3, 0.4) is 0 Å². The third kappa shape index (κ3) is 2.90. The van der Waals surface area contributed by atoms with E-state index in [0.717, 1.165) is 10.9 Å². The fourth-order valence-electron chi connectivity index (χ4n) is 3.10. The third-order valence-electron chi connectivity index (χ3n) is 4.89. The molecule has 2 aromatic rings. The second-order valence-corrected chi connectivity index (χ2v) is 6.87. The molecule has 0 N–H and O–H groups in total. The minimum atomic E-state index is -0.203. The highest BCUT2D eigenvalue weighted by atomic mass is 16.3. The number of allylic oxidation sites excluding steroid dienone is 4. The van der Waals surface area contributed by atoms with Crippen LogP contribution in [0.25, 0.3) is 11.0 Å². The van der Waals surface area contributed by atoms with Crippen LogP contribution < -0.4 is 0 Å². The van der Waals surface area contributed by atoms with E-state index in [0.29, 0.717) is 34.3 Å². The van der Waals surface area contributed by atoms with E-state index in [1.165, 1.54) is 4.90 Å². The summed E-state index contributed by atoms with van der Waals surface area (Å²) in [6.07, 6.45) is 0.374. The van der Waals surface area contributed by atoms with Gasteiger partial charge in [-0.1, -0.05) is 6.07 Å². The smallest absolute Gasteiger partial charge is 0.289 e. The monoisotopic (exact) mass is 351 g/mol. The molecule has 0 atom stereocenters. The van der Waals surface area contributed by atoms with E-state index >= 15 is 0 Å². The third-order valence-corrected chi connectivity index (χ3v) is 4.89. The van der Waals surface area contributed by atoms with Crippen LogP contribution in [0.5, 0.6) is 0 Å². The Balaban J connectivity index is 1.96. The van der Waals surface area contributed by atoms with Gasteiger partial charge in [0.25, 0.3) is 5.91 Å². The van der Waals surface area contributed by atoms with Gasteiger partial charge in [0.1, 0.15) is 5.58 Å². The van der Waals surface area contributed by atoms with Gasteiger partial charge in [0, 0.05) is 48.2 Å². The average Bonchev–Trinajstić information content (AvgIpc) is 3.04. The summed E-state index contributed by atoms with van der Waals surface area (Å²) in [6, 6.07) is 7.24. The van der Waals surface area contributed by atoms with Crippen molar-refractivity contribution in [3.63, 3.8) is 0 Å². The zero-order chi connectivity index (χ0) is 19.2. The summed E-state index contributed by atoms with van der Waals surface area (Å²) < 4.78 is 5.59. The molecule has 5 heteroatoms. The molecule has 0 spiro atoms. The van der Waals surface area contributed by atoms with Crippen LogP contribution in [0, 0.1) is 0 Å². The van der Waals surface area contributed by atoms with E-state index < -0.39 is 0 Å². The maximum atomic E-state index is 12.6. The quantitative estimate of drug-likeness (QED) is 0.794. The van der Waals surface area contributed by atoms with Crippen molar-refractivity contribution in [1.82, 2.24) is 4.90 Å². The molecule has 1 aromatic heterocycles. The number of nitrogens with zero attached hydrogens (tertiary/aromatic N) is 1. The van der Waals surface area contributed by atoms with Gasteiger partial charge in [-0.25, -0.2) is 0 Å². The molecule has 1 heterocycles. The lowest BCUT2D eigenvalue weighted by atomic mass is 9.83. The predicted octanol–water partition coefficient (Wildman–Crippen LogP) is 3.48. The van der Waals surface area contributed by atoms with Crippen LogP contribution in [0.4, 0.5) is 0 Å². The molecule has 0 fully saturated rings. The van der Waals surface area contributed by atoms with Crippen LogP contribution in [-0.2, 0) is 16.0 Å². The number of fused-ring (bicyclic) bond motifs is 1. The topological polar surface area (TPSA) is 67.6 Å². The van der Waals surface area contributed by atoms with Crippen LogP contribution >= 0.6 is 0 Å². The van der Waals surface area contributed by atoms with Crippen molar-refractivity contribution in [2.75, 3.05) is 14.1 Å². The molecule has 0 unspecified atom stereocenters. The maximum absolute atomic E-state index is 12.6. The molecule has 1 aliphatic rings. The van der Waals surface area contributed by atoms with Crippen LogP contribution in [0.2, 0.25) is 0 Å². The second-order valence-electron chi connectivity index (χ2n) is 6.87. The Kier molecular flexibility index (Phi) is 4.40. The van der Waals surface area contributed by atoms with E-state index in [9.17, 15) is 14.4 Å². The van der Waals surface area contributed by atoms with Gasteiger partial charge in [-0.2, -0.15) is 0 Å². The van der Waals surface area contributed by atoms with Crippen LogP contribution in [0.15, 0.2) is 51.0 Å². The highest BCUT2D eigenvalue weighted by Crippen LogP contribution is 2.28. The molecule has 1 amide bonds. The molecule has 0 aliphatic heterocycles. The molecule has 5 nitrogen and oxygen atoms in total. The highest BCUT2D eigenvalue weighted by molar-refractivity contribution is 6.24. The summed E-state index contributed by atoms with van der Waals surface area (Å²) >= 11 is 0. The van der Waals surface area contributed by atoms with Crippen molar-refractivity contribution < 1.29 is 18.8 Å². The lowest BCUT2D eigenvalue weighted by Gasteiger charge is -2.18. The maximum Gasteiger partial charge on any atom is 0.289 e. The Morgan fingerprint density at radius 2 is 1.62 bits per heavy atom. The van der Waals surface area contributed by atoms with E-state index in [4.69, 9.17) is 4.42 Å². The fourth-order valence-corrected chi connectivity index (χ4v) is 3.10. The Hall–Kier alpha value is -2.95. The van der Waals surface area contributed by atoms with E-state index in [-0.39, 0.29) is 23.2 Å². The predicted molar refractivity (Wildman–Crippen MR) is 99.0 cm³/mol. The van der Waals surface area contributed by atoms with Gasteiger partial charge in [-0.3, -0.25) is 14.4 Å². The van der Waals surface area contributed by atoms with E-state index in [2.05, 4.69) is 0 Å². The van der Waals surface area contributed by atoms with Crippen molar-refractivity contribution >= 4 is 28.4 Å². The fraction of sp³-hybridized carbons (Fsp3) is 0.286. The van der Waals surface area contributed by atoms with Crippen LogP contribution in [0.1, 0.15) is 36.9 Å². The lowest BCUT2D eigenvalue weighted by Crippen LogP contribution is -2.21. The van der Waals surface area contributed by atoms with Crippen molar-refractivity contribution in [3.05, 3.63) is 57.9 Å². The van der Waals surface area contributed by atoms with Crippen LogP contribution in [-0.4, -0.2) is 36.5 Å². The number of benzene rings is 1. The van der Waals surface area contributed by atoms with Gasteiger partial charge < -0.3 is 9.32 Å². The zero-order valence-corrected chi connectivity index (χ0v) is 15.6. The lowest BCUT2D eigenvalue weighted by molar-refractivity contribution is -0.116. The number of hydrogen-bond donors (Lipinski definition) is 0. The molecule has 26 heavy (non-hydrogen) atoms. The number of furan rings is 1. The number of rotatable bonds is 3. The normalized spacial score (nSPS) is 15.3. The Morgan fingerprint density at radius 1 is 0.962 bits per heavy atom. The first-order valence-electron chi connectivity index (χ1n) is 8.41. The summed E-state index contributed by atoms with van der Waals surface area (Å²) in [6.45, 7) is 5.09. The van der Waals surface area contributed by atoms with Crippen molar-refractivity contribution in [1.29, 1.82) is 0 Å². The molecular formula is C21H21NO4. The van der Waals surface area contributed by atoms with E-state index in [1.54, 1.807) is 47.0 Å². The Morgan fingerprint density at radius 3 is 2.27 bits per heavy atom. The molecule has 0 radical (unpaired) electrons. The molecular weight excluding hydrogens is 330 g/mol. The number of carbonyl (C=O) groups excluding carboxylic acids is 3. The van der Waals surface area contributed by atoms with Gasteiger partial charge in [0.15, 0.2) is 17.3 Å². The molecule has 0 bridgehead atoms. The number of amides is 1. The molecule has 134 valence electrons. The minimum absolute atomic E-state index is 0.0691. The zero-order valence-electron chi connectivity index (χ0n) is 15.6. The standard InChI is InChI=1S/C21H21NO4/c1-11-12(2)20(24)16(13(3)19(11)23)9-14-6-7-17-15(8-14)10-18(26-17)21(25)22(4)5/h6-8,10H,9H2,1-5H3. The van der Waals surface area contributed by atoms with Gasteiger partial charge in [-0.05, 0) is 44.5 Å². The summed E-state index contributed by atoms with van der Waals surface area (Å²) in [5, 5.41) is 0.795. The molecule has 1 aromatic carbocycles. The summed E-state index contributed by atoms with van der Waals surface area (Å²) in [7, 11) is 3.33. The van der Waals surface area contributed by atoms with Gasteiger partial charge in [-0.15, -0.1) is 0 Å². The number of Topliss-reactive ketones (excluding diaryl/α,β-unsaturated/α-hetero) is 2. The Bertz CT molecular complexity index is 1020. The number of ketones is 2. The molecule has 0 saturated carbocycles. The average molecular weight is 351 g/mol. The summed E-state index contributed by atoms with van der Waals surface area (Å²) in [5.41, 5.74) is 3.58. The SMILES string of the molecule is CC1=C(C)C(=O)C(Cc2ccc3oc(C(=O)N(C)C)cc3c2)=C(C)C1=O. The van der Waals surface area contributed by atoms with Crippen molar-refractivity contribution in [2.24, 2.45) is 0 Å². The van der Waals surface area contributed by atoms with Gasteiger partial charge in [0.2, 0.25) is 0 Å². The van der Waals surface area contributed by atoms with Gasteiger partial charge in [0.05, 0.1) is 0 Å². The van der Waals surface area contributed by atoms with Crippen molar-refractivity contribution in [3.8, 4) is 0 Å². The second kappa shape index (κ2) is 6.41.